The van der Waals surface area contributed by atoms with E-state index >= 15 is 0 Å². The van der Waals surface area contributed by atoms with Gasteiger partial charge in [-0.1, -0.05) is 6.58 Å². The number of rotatable bonds is 3. The van der Waals surface area contributed by atoms with Crippen LogP contribution in [0.4, 0.5) is 0 Å². The molecule has 92 valence electrons. The molecule has 0 unspecified atom stereocenters. The van der Waals surface area contributed by atoms with Crippen LogP contribution in [0.15, 0.2) is 12.7 Å². The lowest BCUT2D eigenvalue weighted by Gasteiger charge is -2.14. The van der Waals surface area contributed by atoms with Gasteiger partial charge in [-0.25, -0.2) is 0 Å². The summed E-state index contributed by atoms with van der Waals surface area (Å²) >= 11 is 0. The molecule has 1 aromatic rings. The van der Waals surface area contributed by atoms with Gasteiger partial charge in [0.1, 0.15) is 17.2 Å². The van der Waals surface area contributed by atoms with Crippen molar-refractivity contribution in [2.75, 3.05) is 0 Å². The van der Waals surface area contributed by atoms with Crippen molar-refractivity contribution in [2.45, 2.75) is 20.4 Å². The van der Waals surface area contributed by atoms with E-state index in [1.165, 1.54) is 13.8 Å². The minimum Gasteiger partial charge on any atom is -0.507 e. The Labute approximate surface area is 99.0 Å². The second-order valence-corrected chi connectivity index (χ2v) is 3.70. The molecule has 17 heavy (non-hydrogen) atoms. The molecule has 0 heterocycles. The summed E-state index contributed by atoms with van der Waals surface area (Å²) < 4.78 is 0. The third-order valence-electron chi connectivity index (χ3n) is 2.62. The lowest BCUT2D eigenvalue weighted by atomic mass is 10.0. The van der Waals surface area contributed by atoms with Gasteiger partial charge in [-0.15, -0.1) is 0 Å². The van der Waals surface area contributed by atoms with Gasteiger partial charge in [-0.2, -0.15) is 0 Å². The van der Waals surface area contributed by atoms with Crippen LogP contribution in [0, 0.1) is 13.8 Å². The van der Waals surface area contributed by atoms with E-state index in [9.17, 15) is 20.1 Å². The van der Waals surface area contributed by atoms with E-state index in [1.807, 2.05) is 0 Å². The molecule has 0 aliphatic rings. The molecule has 0 aliphatic heterocycles. The third kappa shape index (κ3) is 2.33. The fraction of sp³-hybridized carbons (Fsp3) is 0.250. The fourth-order valence-corrected chi connectivity index (χ4v) is 1.49. The van der Waals surface area contributed by atoms with Crippen LogP contribution in [0.3, 0.4) is 0 Å². The Hall–Kier alpha value is -2.17. The van der Waals surface area contributed by atoms with Crippen molar-refractivity contribution in [1.29, 1.82) is 0 Å². The molecule has 0 radical (unpaired) electrons. The summed E-state index contributed by atoms with van der Waals surface area (Å²) in [5.74, 6) is -1.02. The summed E-state index contributed by atoms with van der Waals surface area (Å²) in [7, 11) is 0. The number of amides is 1. The van der Waals surface area contributed by atoms with Gasteiger partial charge >= 0.3 is 0 Å². The molecule has 5 nitrogen and oxygen atoms in total. The molecular weight excluding hydrogens is 222 g/mol. The first-order chi connectivity index (χ1) is 7.90. The number of nitrogens with one attached hydrogen (secondary N) is 1. The van der Waals surface area contributed by atoms with Crippen LogP contribution in [0.5, 0.6) is 17.2 Å². The molecule has 1 aromatic carbocycles. The highest BCUT2D eigenvalue weighted by Gasteiger charge is 2.18. The topological polar surface area (TPSA) is 89.8 Å². The Morgan fingerprint density at radius 2 is 1.65 bits per heavy atom. The Balaban J connectivity index is 3.16. The number of hydrogen-bond acceptors (Lipinski definition) is 4. The summed E-state index contributed by atoms with van der Waals surface area (Å²) in [4.78, 5) is 11.0. The lowest BCUT2D eigenvalue weighted by Crippen LogP contribution is -2.20. The van der Waals surface area contributed by atoms with Gasteiger partial charge in [0.05, 0.1) is 12.1 Å². The van der Waals surface area contributed by atoms with Crippen molar-refractivity contribution < 1.29 is 20.1 Å². The number of phenolic OH excluding ortho intramolecular Hbond substituents is 3. The monoisotopic (exact) mass is 237 g/mol. The van der Waals surface area contributed by atoms with Crippen molar-refractivity contribution in [3.63, 3.8) is 0 Å². The second-order valence-electron chi connectivity index (χ2n) is 3.70. The third-order valence-corrected chi connectivity index (χ3v) is 2.62. The van der Waals surface area contributed by atoms with Gasteiger partial charge < -0.3 is 20.6 Å². The number of carbonyl (C=O) groups excluding carboxylic acids is 1. The minimum atomic E-state index is -0.410. The predicted molar refractivity (Wildman–Crippen MR) is 63.0 cm³/mol. The fourth-order valence-electron chi connectivity index (χ4n) is 1.49. The van der Waals surface area contributed by atoms with Crippen LogP contribution in [-0.2, 0) is 11.3 Å². The van der Waals surface area contributed by atoms with E-state index in [0.29, 0.717) is 0 Å². The van der Waals surface area contributed by atoms with Crippen molar-refractivity contribution >= 4 is 5.91 Å². The second kappa shape index (κ2) is 4.78. The Morgan fingerprint density at radius 3 is 2.06 bits per heavy atom. The number of phenols is 3. The highest BCUT2D eigenvalue weighted by molar-refractivity contribution is 5.86. The maximum Gasteiger partial charge on any atom is 0.243 e. The van der Waals surface area contributed by atoms with Crippen LogP contribution < -0.4 is 5.32 Å². The highest BCUT2D eigenvalue weighted by Crippen LogP contribution is 2.40. The van der Waals surface area contributed by atoms with Gasteiger partial charge in [0.25, 0.3) is 0 Å². The quantitative estimate of drug-likeness (QED) is 0.595. The van der Waals surface area contributed by atoms with Crippen LogP contribution in [0.25, 0.3) is 0 Å². The summed E-state index contributed by atoms with van der Waals surface area (Å²) in [5.41, 5.74) is 0.708. The molecule has 1 rings (SSSR count). The summed E-state index contributed by atoms with van der Waals surface area (Å²) in [6.45, 7) is 6.30. The van der Waals surface area contributed by atoms with Gasteiger partial charge in [0.2, 0.25) is 5.91 Å². The zero-order valence-corrected chi connectivity index (χ0v) is 9.74. The molecule has 0 aromatic heterocycles. The molecule has 1 amide bonds. The van der Waals surface area contributed by atoms with Gasteiger partial charge in [-0.05, 0) is 19.9 Å². The summed E-state index contributed by atoms with van der Waals surface area (Å²) in [6.07, 6.45) is 1.09. The smallest absolute Gasteiger partial charge is 0.243 e. The van der Waals surface area contributed by atoms with Crippen LogP contribution in [0.2, 0.25) is 0 Å². The highest BCUT2D eigenvalue weighted by atomic mass is 16.3. The Kier molecular flexibility index (Phi) is 3.62. The van der Waals surface area contributed by atoms with Gasteiger partial charge in [-0.3, -0.25) is 4.79 Å². The van der Waals surface area contributed by atoms with Crippen LogP contribution in [-0.4, -0.2) is 21.2 Å². The zero-order chi connectivity index (χ0) is 13.2. The van der Waals surface area contributed by atoms with Gasteiger partial charge in [0.15, 0.2) is 0 Å². The van der Waals surface area contributed by atoms with Crippen LogP contribution >= 0.6 is 0 Å². The van der Waals surface area contributed by atoms with E-state index < -0.39 is 5.91 Å². The summed E-state index contributed by atoms with van der Waals surface area (Å²) in [6, 6.07) is 0. The molecule has 0 spiro atoms. The lowest BCUT2D eigenvalue weighted by molar-refractivity contribution is -0.116. The van der Waals surface area contributed by atoms with Crippen molar-refractivity contribution in [2.24, 2.45) is 0 Å². The molecule has 0 saturated heterocycles. The number of aromatic hydroxyl groups is 3. The first-order valence-corrected chi connectivity index (χ1v) is 5.03. The molecule has 0 saturated carbocycles. The molecule has 4 N–H and O–H groups in total. The normalized spacial score (nSPS) is 10.0. The Bertz CT molecular complexity index is 451. The average molecular weight is 237 g/mol. The number of benzene rings is 1. The zero-order valence-electron chi connectivity index (χ0n) is 9.74. The largest absolute Gasteiger partial charge is 0.507 e. The number of hydrogen-bond donors (Lipinski definition) is 4. The maximum atomic E-state index is 11.0. The Morgan fingerprint density at radius 1 is 1.18 bits per heavy atom. The van der Waals surface area contributed by atoms with E-state index in [4.69, 9.17) is 0 Å². The van der Waals surface area contributed by atoms with Gasteiger partial charge in [0, 0.05) is 11.1 Å². The maximum absolute atomic E-state index is 11.0. The van der Waals surface area contributed by atoms with Crippen molar-refractivity contribution in [3.05, 3.63) is 29.3 Å². The minimum absolute atomic E-state index is 0.0372. The molecule has 0 atom stereocenters. The number of carbonyl (C=O) groups is 1. The molecule has 0 fully saturated rings. The molecule has 0 bridgehead atoms. The van der Waals surface area contributed by atoms with E-state index in [0.717, 1.165) is 6.08 Å². The standard InChI is InChI=1S/C12H15NO4/c1-4-9(14)13-5-8-11(16)6(2)10(15)7(3)12(8)17/h4,15-17H,1,5H2,2-3H3,(H,13,14). The molecule has 0 aliphatic carbocycles. The predicted octanol–water partition coefficient (Wildman–Crippen LogP) is 1.22. The van der Waals surface area contributed by atoms with E-state index in [-0.39, 0.29) is 40.5 Å². The first kappa shape index (κ1) is 12.9. The molecular formula is C12H15NO4. The van der Waals surface area contributed by atoms with E-state index in [1.54, 1.807) is 0 Å². The van der Waals surface area contributed by atoms with Crippen LogP contribution in [0.1, 0.15) is 16.7 Å². The summed E-state index contributed by atoms with van der Waals surface area (Å²) in [5, 5.41) is 31.6. The molecule has 5 heteroatoms. The van der Waals surface area contributed by atoms with E-state index in [2.05, 4.69) is 11.9 Å². The average Bonchev–Trinajstić information content (AvgIpc) is 2.33. The first-order valence-electron chi connectivity index (χ1n) is 5.03. The van der Waals surface area contributed by atoms with Crippen molar-refractivity contribution in [1.82, 2.24) is 5.32 Å². The SMILES string of the molecule is C=CC(=O)NCc1c(O)c(C)c(O)c(C)c1O. The van der Waals surface area contributed by atoms with Crippen molar-refractivity contribution in [3.8, 4) is 17.2 Å².